The van der Waals surface area contributed by atoms with Crippen LogP contribution in [0.2, 0.25) is 0 Å². The Morgan fingerprint density at radius 1 is 1.14 bits per heavy atom. The van der Waals surface area contributed by atoms with Crippen molar-refractivity contribution in [1.29, 1.82) is 0 Å². The second-order valence-electron chi connectivity index (χ2n) is 4.42. The van der Waals surface area contributed by atoms with Crippen LogP contribution in [0.1, 0.15) is 16.0 Å². The Hall–Kier alpha value is -2.47. The van der Waals surface area contributed by atoms with Gasteiger partial charge in [0, 0.05) is 10.6 Å². The van der Waals surface area contributed by atoms with E-state index in [4.69, 9.17) is 0 Å². The molecule has 0 saturated carbocycles. The number of hydrazone groups is 1. The third-order valence-corrected chi connectivity index (χ3v) is 3.77. The predicted octanol–water partition coefficient (Wildman–Crippen LogP) is 2.45. The maximum absolute atomic E-state index is 11.8. The highest BCUT2D eigenvalue weighted by atomic mass is 32.1. The molecule has 0 fully saturated rings. The second-order valence-corrected chi connectivity index (χ2v) is 5.40. The van der Waals surface area contributed by atoms with Gasteiger partial charge in [-0.15, -0.1) is 11.3 Å². The van der Waals surface area contributed by atoms with Crippen molar-refractivity contribution < 1.29 is 9.59 Å². The molecule has 108 valence electrons. The lowest BCUT2D eigenvalue weighted by Gasteiger charge is -2.09. The summed E-state index contributed by atoms with van der Waals surface area (Å²) >= 11 is 1.49. The largest absolute Gasteiger partial charge is 0.329 e. The molecule has 2 N–H and O–H groups in total. The summed E-state index contributed by atoms with van der Waals surface area (Å²) in [6, 6.07) is 9.25. The standard InChI is InChI=1S/C15H15N3O2S/c1-10-5-3-7-13(11(10)2)17-14(19)15(20)18-16-9-12-6-4-8-21-12/h3-9H,1-2H3,(H,17,19)(H,18,20)/b16-9+. The summed E-state index contributed by atoms with van der Waals surface area (Å²) in [6.07, 6.45) is 1.49. The fourth-order valence-electron chi connectivity index (χ4n) is 1.64. The zero-order valence-electron chi connectivity index (χ0n) is 11.7. The molecule has 0 atom stereocenters. The minimum Gasteiger partial charge on any atom is -0.317 e. The molecular weight excluding hydrogens is 286 g/mol. The van der Waals surface area contributed by atoms with Crippen LogP contribution in [0.3, 0.4) is 0 Å². The zero-order valence-corrected chi connectivity index (χ0v) is 12.5. The van der Waals surface area contributed by atoms with Crippen molar-refractivity contribution in [2.45, 2.75) is 13.8 Å². The van der Waals surface area contributed by atoms with Crippen molar-refractivity contribution in [3.63, 3.8) is 0 Å². The Kier molecular flexibility index (Phi) is 4.84. The molecule has 6 heteroatoms. The number of thiophene rings is 1. The molecule has 0 aliphatic carbocycles. The Morgan fingerprint density at radius 2 is 1.95 bits per heavy atom. The molecule has 0 radical (unpaired) electrons. The molecule has 1 heterocycles. The maximum Gasteiger partial charge on any atom is 0.329 e. The molecule has 2 aromatic rings. The lowest BCUT2D eigenvalue weighted by molar-refractivity contribution is -0.136. The fraction of sp³-hybridized carbons (Fsp3) is 0.133. The van der Waals surface area contributed by atoms with Crippen LogP contribution in [0, 0.1) is 13.8 Å². The summed E-state index contributed by atoms with van der Waals surface area (Å²) in [5.74, 6) is -1.55. The summed E-state index contributed by atoms with van der Waals surface area (Å²) in [6.45, 7) is 3.83. The minimum atomic E-state index is -0.802. The maximum atomic E-state index is 11.8. The van der Waals surface area contributed by atoms with Crippen LogP contribution in [0.15, 0.2) is 40.8 Å². The van der Waals surface area contributed by atoms with E-state index in [0.717, 1.165) is 16.0 Å². The first-order valence-electron chi connectivity index (χ1n) is 6.32. The Bertz CT molecular complexity index is 678. The van der Waals surface area contributed by atoms with Crippen LogP contribution in [-0.4, -0.2) is 18.0 Å². The van der Waals surface area contributed by atoms with Gasteiger partial charge in [0.05, 0.1) is 6.21 Å². The van der Waals surface area contributed by atoms with Gasteiger partial charge in [-0.1, -0.05) is 18.2 Å². The normalized spacial score (nSPS) is 10.6. The number of hydrogen-bond acceptors (Lipinski definition) is 4. The third-order valence-electron chi connectivity index (χ3n) is 2.96. The van der Waals surface area contributed by atoms with Crippen molar-refractivity contribution in [2.75, 3.05) is 5.32 Å². The van der Waals surface area contributed by atoms with Gasteiger partial charge < -0.3 is 5.32 Å². The van der Waals surface area contributed by atoms with Crippen LogP contribution in [-0.2, 0) is 9.59 Å². The molecule has 2 amide bonds. The van der Waals surface area contributed by atoms with Crippen molar-refractivity contribution in [2.24, 2.45) is 5.10 Å². The number of benzene rings is 1. The molecular formula is C15H15N3O2S. The van der Waals surface area contributed by atoms with Crippen molar-refractivity contribution in [3.8, 4) is 0 Å². The summed E-state index contributed by atoms with van der Waals surface area (Å²) in [5.41, 5.74) is 4.80. The summed E-state index contributed by atoms with van der Waals surface area (Å²) in [7, 11) is 0. The molecule has 21 heavy (non-hydrogen) atoms. The molecule has 0 saturated heterocycles. The smallest absolute Gasteiger partial charge is 0.317 e. The van der Waals surface area contributed by atoms with Gasteiger partial charge in [0.2, 0.25) is 0 Å². The Labute approximate surface area is 126 Å². The topological polar surface area (TPSA) is 70.6 Å². The number of nitrogens with one attached hydrogen (secondary N) is 2. The van der Waals surface area contributed by atoms with E-state index in [1.54, 1.807) is 6.07 Å². The number of carbonyl (C=O) groups excluding carboxylic acids is 2. The number of nitrogens with zero attached hydrogens (tertiary/aromatic N) is 1. The van der Waals surface area contributed by atoms with Gasteiger partial charge in [0.15, 0.2) is 0 Å². The molecule has 0 bridgehead atoms. The third kappa shape index (κ3) is 4.00. The number of rotatable bonds is 3. The van der Waals surface area contributed by atoms with E-state index in [9.17, 15) is 9.59 Å². The number of amides is 2. The van der Waals surface area contributed by atoms with Gasteiger partial charge in [-0.25, -0.2) is 5.43 Å². The van der Waals surface area contributed by atoms with E-state index < -0.39 is 11.8 Å². The van der Waals surface area contributed by atoms with Gasteiger partial charge in [0.1, 0.15) is 0 Å². The Morgan fingerprint density at radius 3 is 2.67 bits per heavy atom. The quantitative estimate of drug-likeness (QED) is 0.519. The lowest BCUT2D eigenvalue weighted by atomic mass is 10.1. The van der Waals surface area contributed by atoms with E-state index in [-0.39, 0.29) is 0 Å². The molecule has 5 nitrogen and oxygen atoms in total. The van der Waals surface area contributed by atoms with E-state index in [0.29, 0.717) is 5.69 Å². The monoisotopic (exact) mass is 301 g/mol. The summed E-state index contributed by atoms with van der Waals surface area (Å²) in [5, 5.41) is 8.21. The van der Waals surface area contributed by atoms with E-state index in [2.05, 4.69) is 15.8 Å². The average Bonchev–Trinajstić information content (AvgIpc) is 2.97. The van der Waals surface area contributed by atoms with Crippen molar-refractivity contribution >= 4 is 35.1 Å². The van der Waals surface area contributed by atoms with Crippen LogP contribution >= 0.6 is 11.3 Å². The first kappa shape index (κ1) is 14.9. The molecule has 1 aromatic carbocycles. The van der Waals surface area contributed by atoms with Gasteiger partial charge in [-0.3, -0.25) is 9.59 Å². The lowest BCUT2D eigenvalue weighted by Crippen LogP contribution is -2.32. The first-order chi connectivity index (χ1) is 10.1. The first-order valence-corrected chi connectivity index (χ1v) is 7.20. The molecule has 0 unspecified atom stereocenters. The highest BCUT2D eigenvalue weighted by Crippen LogP contribution is 2.17. The highest BCUT2D eigenvalue weighted by Gasteiger charge is 2.14. The van der Waals surface area contributed by atoms with Crippen LogP contribution < -0.4 is 10.7 Å². The second kappa shape index (κ2) is 6.81. The van der Waals surface area contributed by atoms with Gasteiger partial charge in [-0.05, 0) is 42.5 Å². The highest BCUT2D eigenvalue weighted by molar-refractivity contribution is 7.11. The van der Waals surface area contributed by atoms with Crippen molar-refractivity contribution in [3.05, 3.63) is 51.7 Å². The summed E-state index contributed by atoms with van der Waals surface area (Å²) in [4.78, 5) is 24.3. The number of aryl methyl sites for hydroxylation is 1. The van der Waals surface area contributed by atoms with E-state index >= 15 is 0 Å². The summed E-state index contributed by atoms with van der Waals surface area (Å²) < 4.78 is 0. The van der Waals surface area contributed by atoms with Crippen molar-refractivity contribution in [1.82, 2.24) is 5.43 Å². The number of carbonyl (C=O) groups is 2. The van der Waals surface area contributed by atoms with Gasteiger partial charge in [0.25, 0.3) is 0 Å². The number of anilines is 1. The molecule has 2 rings (SSSR count). The average molecular weight is 301 g/mol. The molecule has 0 aliphatic rings. The SMILES string of the molecule is Cc1cccc(NC(=O)C(=O)N/N=C/c2cccs2)c1C. The van der Waals surface area contributed by atoms with Gasteiger partial charge in [-0.2, -0.15) is 5.10 Å². The van der Waals surface area contributed by atoms with Crippen LogP contribution in [0.25, 0.3) is 0 Å². The molecule has 1 aromatic heterocycles. The van der Waals surface area contributed by atoms with Gasteiger partial charge >= 0.3 is 11.8 Å². The van der Waals surface area contributed by atoms with Crippen LogP contribution in [0.5, 0.6) is 0 Å². The fourth-order valence-corrected chi connectivity index (χ4v) is 2.22. The van der Waals surface area contributed by atoms with E-state index in [1.165, 1.54) is 17.6 Å². The molecule has 0 spiro atoms. The Balaban J connectivity index is 1.94. The van der Waals surface area contributed by atoms with E-state index in [1.807, 2.05) is 43.5 Å². The number of hydrogen-bond donors (Lipinski definition) is 2. The molecule has 0 aliphatic heterocycles. The minimum absolute atomic E-state index is 0.623. The van der Waals surface area contributed by atoms with Crippen LogP contribution in [0.4, 0.5) is 5.69 Å². The predicted molar refractivity (Wildman–Crippen MR) is 84.6 cm³/mol. The zero-order chi connectivity index (χ0) is 15.2.